The first-order valence-electron chi connectivity index (χ1n) is 10.3. The first kappa shape index (κ1) is 22.1. The molecule has 0 bridgehead atoms. The van der Waals surface area contributed by atoms with Crippen molar-refractivity contribution in [3.8, 4) is 17.4 Å². The van der Waals surface area contributed by atoms with Crippen LogP contribution in [0.5, 0.6) is 11.8 Å². The van der Waals surface area contributed by atoms with Gasteiger partial charge in [-0.05, 0) is 51.8 Å². The summed E-state index contributed by atoms with van der Waals surface area (Å²) in [7, 11) is 0. The first-order chi connectivity index (χ1) is 16.4. The van der Waals surface area contributed by atoms with Gasteiger partial charge in [-0.1, -0.05) is 54.1 Å². The third-order valence-electron chi connectivity index (χ3n) is 5.45. The Bertz CT molecular complexity index is 1530. The number of nitrogens with zero attached hydrogens (tertiary/aromatic N) is 3. The molecule has 0 unspecified atom stereocenters. The summed E-state index contributed by atoms with van der Waals surface area (Å²) in [6.07, 6.45) is 0. The highest BCUT2D eigenvalue weighted by molar-refractivity contribution is 9.10. The average molecular weight is 538 g/mol. The normalized spacial score (nSPS) is 11.1. The van der Waals surface area contributed by atoms with E-state index in [4.69, 9.17) is 11.6 Å². The van der Waals surface area contributed by atoms with Crippen molar-refractivity contribution in [1.82, 2.24) is 14.3 Å². The molecular weight excluding hydrogens is 520 g/mol. The molecular formula is C25H18BrClN4O3. The van der Waals surface area contributed by atoms with Crippen molar-refractivity contribution in [2.75, 3.05) is 5.32 Å². The largest absolute Gasteiger partial charge is 0.494 e. The number of carbonyl (C=O) groups excluding carboxylic acids is 1. The molecule has 0 radical (unpaired) electrons. The lowest BCUT2D eigenvalue weighted by atomic mass is 10.2. The minimum absolute atomic E-state index is 0.0463. The maximum Gasteiger partial charge on any atom is 0.274 e. The summed E-state index contributed by atoms with van der Waals surface area (Å²) in [6.45, 7) is 0.305. The van der Waals surface area contributed by atoms with Gasteiger partial charge in [-0.3, -0.25) is 9.36 Å². The summed E-state index contributed by atoms with van der Waals surface area (Å²) >= 11 is 9.62. The van der Waals surface area contributed by atoms with Gasteiger partial charge in [0.25, 0.3) is 5.91 Å². The van der Waals surface area contributed by atoms with Crippen molar-refractivity contribution < 1.29 is 15.0 Å². The molecule has 3 aromatic carbocycles. The molecule has 0 atom stereocenters. The number of benzene rings is 3. The number of halogens is 2. The molecule has 0 aliphatic rings. The van der Waals surface area contributed by atoms with Crippen molar-refractivity contribution in [2.24, 2.45) is 0 Å². The molecule has 0 saturated heterocycles. The number of amides is 1. The van der Waals surface area contributed by atoms with Crippen LogP contribution in [0.25, 0.3) is 16.5 Å². The van der Waals surface area contributed by atoms with Crippen LogP contribution in [-0.2, 0) is 6.54 Å². The molecule has 0 spiro atoms. The van der Waals surface area contributed by atoms with E-state index in [0.717, 1.165) is 5.56 Å². The van der Waals surface area contributed by atoms with Crippen molar-refractivity contribution in [2.45, 2.75) is 6.54 Å². The number of hydrogen-bond acceptors (Lipinski definition) is 4. The third kappa shape index (κ3) is 4.02. The van der Waals surface area contributed by atoms with Crippen LogP contribution in [-0.4, -0.2) is 30.5 Å². The molecule has 0 fully saturated rings. The number of fused-ring (bicyclic) bond motifs is 1. The Balaban J connectivity index is 1.47. The SMILES string of the molecule is O=C(Nc1ccc2c(O)n(Cc3ccccc3)c(O)c2c1)c1cc(Br)nn1-c1ccccc1Cl. The second-order valence-corrected chi connectivity index (χ2v) is 8.87. The van der Waals surface area contributed by atoms with Crippen LogP contribution in [0.2, 0.25) is 5.02 Å². The van der Waals surface area contributed by atoms with Crippen LogP contribution in [0.4, 0.5) is 5.69 Å². The highest BCUT2D eigenvalue weighted by Crippen LogP contribution is 2.38. The zero-order chi connectivity index (χ0) is 23.8. The van der Waals surface area contributed by atoms with Gasteiger partial charge in [0.05, 0.1) is 17.3 Å². The van der Waals surface area contributed by atoms with Crippen LogP contribution in [0.15, 0.2) is 83.5 Å². The standard InChI is InChI=1S/C25H18BrClN4O3/c26-22-13-21(31(29-22)20-9-5-4-8-19(20)27)23(32)28-16-10-11-17-18(12-16)25(34)30(24(17)33)14-15-6-2-1-3-7-15/h1-13,33-34H,14H2,(H,28,32). The molecule has 9 heteroatoms. The van der Waals surface area contributed by atoms with Gasteiger partial charge in [-0.15, -0.1) is 0 Å². The number of anilines is 1. The van der Waals surface area contributed by atoms with Gasteiger partial charge in [0.2, 0.25) is 11.8 Å². The second-order valence-electron chi connectivity index (χ2n) is 7.65. The van der Waals surface area contributed by atoms with E-state index < -0.39 is 5.91 Å². The fraction of sp³-hybridized carbons (Fsp3) is 0.0400. The lowest BCUT2D eigenvalue weighted by Crippen LogP contribution is -2.17. The maximum atomic E-state index is 13.1. The molecule has 7 nitrogen and oxygen atoms in total. The van der Waals surface area contributed by atoms with Gasteiger partial charge in [-0.25, -0.2) is 4.68 Å². The Morgan fingerprint density at radius 1 is 0.941 bits per heavy atom. The Kier molecular flexibility index (Phi) is 5.77. The Hall–Kier alpha value is -3.75. The van der Waals surface area contributed by atoms with E-state index in [0.29, 0.717) is 38.3 Å². The lowest BCUT2D eigenvalue weighted by Gasteiger charge is -2.10. The zero-order valence-electron chi connectivity index (χ0n) is 17.6. The number of aromatic nitrogens is 3. The van der Waals surface area contributed by atoms with Crippen LogP contribution in [0.1, 0.15) is 16.1 Å². The second kappa shape index (κ2) is 8.89. The fourth-order valence-corrected chi connectivity index (χ4v) is 4.42. The van der Waals surface area contributed by atoms with E-state index in [1.807, 2.05) is 36.4 Å². The molecule has 0 aliphatic carbocycles. The molecule has 0 saturated carbocycles. The molecule has 3 N–H and O–H groups in total. The highest BCUT2D eigenvalue weighted by Gasteiger charge is 2.20. The Labute approximate surface area is 208 Å². The molecule has 5 rings (SSSR count). The monoisotopic (exact) mass is 536 g/mol. The van der Waals surface area contributed by atoms with Crippen LogP contribution in [0, 0.1) is 0 Å². The molecule has 34 heavy (non-hydrogen) atoms. The van der Waals surface area contributed by atoms with E-state index in [1.165, 1.54) is 9.25 Å². The molecule has 1 amide bonds. The summed E-state index contributed by atoms with van der Waals surface area (Å²) in [5.41, 5.74) is 2.22. The van der Waals surface area contributed by atoms with Gasteiger partial charge in [0.15, 0.2) is 0 Å². The summed E-state index contributed by atoms with van der Waals surface area (Å²) in [5, 5.41) is 30.0. The molecule has 5 aromatic rings. The van der Waals surface area contributed by atoms with Gasteiger partial charge in [0.1, 0.15) is 10.3 Å². The quantitative estimate of drug-likeness (QED) is 0.258. The molecule has 170 valence electrons. The number of hydrogen-bond donors (Lipinski definition) is 3. The van der Waals surface area contributed by atoms with Gasteiger partial charge in [0, 0.05) is 22.5 Å². The summed E-state index contributed by atoms with van der Waals surface area (Å²) in [5.74, 6) is -0.545. The minimum Gasteiger partial charge on any atom is -0.494 e. The highest BCUT2D eigenvalue weighted by atomic mass is 79.9. The van der Waals surface area contributed by atoms with Gasteiger partial charge < -0.3 is 15.5 Å². The van der Waals surface area contributed by atoms with Gasteiger partial charge in [-0.2, -0.15) is 5.10 Å². The average Bonchev–Trinajstić information content (AvgIpc) is 3.33. The molecule has 2 aromatic heterocycles. The lowest BCUT2D eigenvalue weighted by molar-refractivity contribution is 0.101. The number of rotatable bonds is 5. The van der Waals surface area contributed by atoms with E-state index in [-0.39, 0.29) is 17.5 Å². The van der Waals surface area contributed by atoms with E-state index in [9.17, 15) is 15.0 Å². The first-order valence-corrected chi connectivity index (χ1v) is 11.5. The zero-order valence-corrected chi connectivity index (χ0v) is 20.0. The van der Waals surface area contributed by atoms with Crippen LogP contribution >= 0.6 is 27.5 Å². The Morgan fingerprint density at radius 2 is 1.65 bits per heavy atom. The topological polar surface area (TPSA) is 92.3 Å². The van der Waals surface area contributed by atoms with Crippen molar-refractivity contribution >= 4 is 49.9 Å². The number of nitrogens with one attached hydrogen (secondary N) is 1. The number of para-hydroxylation sites is 1. The van der Waals surface area contributed by atoms with Gasteiger partial charge >= 0.3 is 0 Å². The molecule has 2 heterocycles. The Morgan fingerprint density at radius 3 is 2.41 bits per heavy atom. The number of carbonyl (C=O) groups is 1. The molecule has 0 aliphatic heterocycles. The van der Waals surface area contributed by atoms with E-state index in [1.54, 1.807) is 42.5 Å². The number of aromatic hydroxyl groups is 2. The predicted octanol–water partition coefficient (Wildman–Crippen LogP) is 5.95. The predicted molar refractivity (Wildman–Crippen MR) is 135 cm³/mol. The van der Waals surface area contributed by atoms with Crippen LogP contribution in [0.3, 0.4) is 0 Å². The van der Waals surface area contributed by atoms with E-state index in [2.05, 4.69) is 26.3 Å². The fourth-order valence-electron chi connectivity index (χ4n) is 3.83. The minimum atomic E-state index is -0.412. The maximum absolute atomic E-state index is 13.1. The van der Waals surface area contributed by atoms with Crippen molar-refractivity contribution in [3.05, 3.63) is 99.7 Å². The third-order valence-corrected chi connectivity index (χ3v) is 6.15. The summed E-state index contributed by atoms with van der Waals surface area (Å²) in [4.78, 5) is 13.1. The van der Waals surface area contributed by atoms with Crippen LogP contribution < -0.4 is 5.32 Å². The van der Waals surface area contributed by atoms with Crippen molar-refractivity contribution in [3.63, 3.8) is 0 Å². The smallest absolute Gasteiger partial charge is 0.274 e. The summed E-state index contributed by atoms with van der Waals surface area (Å²) < 4.78 is 3.36. The van der Waals surface area contributed by atoms with Crippen molar-refractivity contribution in [1.29, 1.82) is 0 Å². The summed E-state index contributed by atoms with van der Waals surface area (Å²) in [6, 6.07) is 23.1. The van der Waals surface area contributed by atoms with E-state index >= 15 is 0 Å².